The molecular formula is C19H24N8O. The third-order valence-corrected chi connectivity index (χ3v) is 5.23. The standard InChI is InChI=1S/C19H24N8O/c1-2-27-17(12-26-14-21-13-22-26)23-24-19(27)16-5-8-25(9-6-16)18(28)10-15-4-3-7-20-11-15/h3-4,7,11,13-14,16H,2,5-6,8-10,12H2,1H3. The van der Waals surface area contributed by atoms with E-state index >= 15 is 0 Å². The zero-order valence-corrected chi connectivity index (χ0v) is 16.0. The highest BCUT2D eigenvalue weighted by Gasteiger charge is 2.28. The molecule has 1 saturated heterocycles. The first kappa shape index (κ1) is 18.3. The van der Waals surface area contributed by atoms with Gasteiger partial charge >= 0.3 is 0 Å². The van der Waals surface area contributed by atoms with Crippen LogP contribution in [0.15, 0.2) is 37.2 Å². The highest BCUT2D eigenvalue weighted by Crippen LogP contribution is 2.27. The van der Waals surface area contributed by atoms with Crippen molar-refractivity contribution < 1.29 is 4.79 Å². The van der Waals surface area contributed by atoms with E-state index in [1.54, 1.807) is 23.4 Å². The van der Waals surface area contributed by atoms with Gasteiger partial charge in [0.25, 0.3) is 0 Å². The number of pyridine rings is 1. The predicted octanol–water partition coefficient (Wildman–Crippen LogP) is 1.28. The summed E-state index contributed by atoms with van der Waals surface area (Å²) in [6.07, 6.45) is 8.89. The molecule has 0 bridgehead atoms. The van der Waals surface area contributed by atoms with Crippen LogP contribution in [0.4, 0.5) is 0 Å². The Labute approximate surface area is 163 Å². The quantitative estimate of drug-likeness (QED) is 0.639. The maximum Gasteiger partial charge on any atom is 0.227 e. The minimum atomic E-state index is 0.162. The molecule has 9 heteroatoms. The number of hydrogen-bond acceptors (Lipinski definition) is 6. The summed E-state index contributed by atoms with van der Waals surface area (Å²) in [6.45, 7) is 4.97. The van der Waals surface area contributed by atoms with Gasteiger partial charge in [-0.25, -0.2) is 9.67 Å². The van der Waals surface area contributed by atoms with Crippen molar-refractivity contribution in [3.8, 4) is 0 Å². The lowest BCUT2D eigenvalue weighted by molar-refractivity contribution is -0.131. The van der Waals surface area contributed by atoms with Gasteiger partial charge in [0.2, 0.25) is 5.91 Å². The van der Waals surface area contributed by atoms with Gasteiger partial charge in [-0.05, 0) is 31.4 Å². The van der Waals surface area contributed by atoms with Crippen LogP contribution in [0.1, 0.15) is 42.9 Å². The van der Waals surface area contributed by atoms with Crippen molar-refractivity contribution in [2.75, 3.05) is 13.1 Å². The van der Waals surface area contributed by atoms with Gasteiger partial charge in [-0.15, -0.1) is 10.2 Å². The molecule has 0 spiro atoms. The van der Waals surface area contributed by atoms with Gasteiger partial charge in [0.1, 0.15) is 25.0 Å². The van der Waals surface area contributed by atoms with Crippen molar-refractivity contribution in [2.24, 2.45) is 0 Å². The molecular weight excluding hydrogens is 356 g/mol. The molecule has 3 aromatic rings. The van der Waals surface area contributed by atoms with Crippen molar-refractivity contribution in [3.05, 3.63) is 54.4 Å². The van der Waals surface area contributed by atoms with Crippen molar-refractivity contribution in [1.82, 2.24) is 39.4 Å². The van der Waals surface area contributed by atoms with E-state index in [4.69, 9.17) is 0 Å². The van der Waals surface area contributed by atoms with Crippen LogP contribution in [0, 0.1) is 0 Å². The minimum absolute atomic E-state index is 0.162. The zero-order chi connectivity index (χ0) is 19.3. The third-order valence-electron chi connectivity index (χ3n) is 5.23. The number of piperidine rings is 1. The Morgan fingerprint density at radius 1 is 1.21 bits per heavy atom. The summed E-state index contributed by atoms with van der Waals surface area (Å²) in [5.74, 6) is 2.38. The van der Waals surface area contributed by atoms with Gasteiger partial charge in [0, 0.05) is 37.9 Å². The molecule has 3 aromatic heterocycles. The summed E-state index contributed by atoms with van der Waals surface area (Å²) in [5, 5.41) is 13.0. The lowest BCUT2D eigenvalue weighted by atomic mass is 9.95. The maximum absolute atomic E-state index is 12.6. The van der Waals surface area contributed by atoms with E-state index in [1.807, 2.05) is 17.0 Å². The summed E-state index contributed by atoms with van der Waals surface area (Å²) in [4.78, 5) is 22.6. The van der Waals surface area contributed by atoms with Gasteiger partial charge in [0.15, 0.2) is 5.82 Å². The van der Waals surface area contributed by atoms with Gasteiger partial charge in [0.05, 0.1) is 6.42 Å². The number of carbonyl (C=O) groups excluding carboxylic acids is 1. The molecule has 0 atom stereocenters. The van der Waals surface area contributed by atoms with E-state index in [1.165, 1.54) is 6.33 Å². The minimum Gasteiger partial charge on any atom is -0.342 e. The molecule has 4 rings (SSSR count). The smallest absolute Gasteiger partial charge is 0.227 e. The van der Waals surface area contributed by atoms with Crippen LogP contribution in [0.2, 0.25) is 0 Å². The van der Waals surface area contributed by atoms with Gasteiger partial charge < -0.3 is 9.47 Å². The Morgan fingerprint density at radius 2 is 2.07 bits per heavy atom. The molecule has 1 fully saturated rings. The molecule has 0 unspecified atom stereocenters. The summed E-state index contributed by atoms with van der Waals surface area (Å²) in [5.41, 5.74) is 0.957. The predicted molar refractivity (Wildman–Crippen MR) is 101 cm³/mol. The Kier molecular flexibility index (Phi) is 5.41. The number of aromatic nitrogens is 7. The SMILES string of the molecule is CCn1c(Cn2cncn2)nnc1C1CCN(C(=O)Cc2cccnc2)CC1. The van der Waals surface area contributed by atoms with Crippen molar-refractivity contribution in [2.45, 2.75) is 45.2 Å². The summed E-state index contributed by atoms with van der Waals surface area (Å²) < 4.78 is 3.92. The molecule has 146 valence electrons. The van der Waals surface area contributed by atoms with Crippen LogP contribution < -0.4 is 0 Å². The second-order valence-electron chi connectivity index (χ2n) is 7.00. The summed E-state index contributed by atoms with van der Waals surface area (Å²) in [7, 11) is 0. The fourth-order valence-electron chi connectivity index (χ4n) is 3.75. The molecule has 0 aliphatic carbocycles. The van der Waals surface area contributed by atoms with Crippen LogP contribution >= 0.6 is 0 Å². The fraction of sp³-hybridized carbons (Fsp3) is 0.474. The van der Waals surface area contributed by atoms with E-state index in [0.29, 0.717) is 18.9 Å². The number of carbonyl (C=O) groups is 1. The van der Waals surface area contributed by atoms with Crippen LogP contribution in [0.3, 0.4) is 0 Å². The van der Waals surface area contributed by atoms with Gasteiger partial charge in [-0.3, -0.25) is 9.78 Å². The molecule has 0 N–H and O–H groups in total. The Bertz CT molecular complexity index is 897. The lowest BCUT2D eigenvalue weighted by Crippen LogP contribution is -2.39. The van der Waals surface area contributed by atoms with Crippen LogP contribution in [0.25, 0.3) is 0 Å². The average molecular weight is 380 g/mol. The van der Waals surface area contributed by atoms with Crippen molar-refractivity contribution in [1.29, 1.82) is 0 Å². The van der Waals surface area contributed by atoms with E-state index in [2.05, 4.69) is 36.8 Å². The molecule has 0 radical (unpaired) electrons. The van der Waals surface area contributed by atoms with E-state index in [-0.39, 0.29) is 5.91 Å². The normalized spacial score (nSPS) is 15.1. The number of hydrogen-bond donors (Lipinski definition) is 0. The maximum atomic E-state index is 12.6. The van der Waals surface area contributed by atoms with Crippen molar-refractivity contribution in [3.63, 3.8) is 0 Å². The van der Waals surface area contributed by atoms with Gasteiger partial charge in [-0.2, -0.15) is 5.10 Å². The topological polar surface area (TPSA) is 94.6 Å². The zero-order valence-electron chi connectivity index (χ0n) is 16.0. The average Bonchev–Trinajstić information content (AvgIpc) is 3.39. The Morgan fingerprint density at radius 3 is 2.75 bits per heavy atom. The number of rotatable bonds is 6. The molecule has 0 aromatic carbocycles. The van der Waals surface area contributed by atoms with Crippen LogP contribution in [-0.2, 0) is 24.3 Å². The largest absolute Gasteiger partial charge is 0.342 e. The van der Waals surface area contributed by atoms with Crippen LogP contribution in [0.5, 0.6) is 0 Å². The van der Waals surface area contributed by atoms with E-state index in [0.717, 1.165) is 49.7 Å². The first-order chi connectivity index (χ1) is 13.7. The second-order valence-corrected chi connectivity index (χ2v) is 7.00. The highest BCUT2D eigenvalue weighted by molar-refractivity contribution is 5.78. The molecule has 1 aliphatic rings. The molecule has 1 amide bonds. The van der Waals surface area contributed by atoms with E-state index in [9.17, 15) is 4.79 Å². The van der Waals surface area contributed by atoms with Crippen LogP contribution in [-0.4, -0.2) is 58.4 Å². The second kappa shape index (κ2) is 8.28. The molecule has 1 aliphatic heterocycles. The Hall–Kier alpha value is -3.10. The van der Waals surface area contributed by atoms with Crippen molar-refractivity contribution >= 4 is 5.91 Å². The fourth-order valence-corrected chi connectivity index (χ4v) is 3.75. The Balaban J connectivity index is 1.38. The number of nitrogens with zero attached hydrogens (tertiary/aromatic N) is 8. The lowest BCUT2D eigenvalue weighted by Gasteiger charge is -2.31. The van der Waals surface area contributed by atoms with Gasteiger partial charge in [-0.1, -0.05) is 6.07 Å². The van der Waals surface area contributed by atoms with E-state index < -0.39 is 0 Å². The first-order valence-corrected chi connectivity index (χ1v) is 9.65. The number of likely N-dealkylation sites (tertiary alicyclic amines) is 1. The highest BCUT2D eigenvalue weighted by atomic mass is 16.2. The molecule has 9 nitrogen and oxygen atoms in total. The first-order valence-electron chi connectivity index (χ1n) is 9.65. The monoisotopic (exact) mass is 380 g/mol. The molecule has 0 saturated carbocycles. The molecule has 28 heavy (non-hydrogen) atoms. The number of amides is 1. The third kappa shape index (κ3) is 3.92. The summed E-state index contributed by atoms with van der Waals surface area (Å²) in [6, 6.07) is 3.81. The summed E-state index contributed by atoms with van der Waals surface area (Å²) >= 11 is 0. The molecule has 4 heterocycles.